The molecule has 0 amide bonds. The van der Waals surface area contributed by atoms with E-state index in [0.717, 1.165) is 31.9 Å². The molecule has 1 aromatic rings. The topological polar surface area (TPSA) is 36.4 Å². The highest BCUT2D eigenvalue weighted by Gasteiger charge is 2.06. The Bertz CT molecular complexity index is 489. The van der Waals surface area contributed by atoms with Gasteiger partial charge < -0.3 is 5.32 Å². The van der Waals surface area contributed by atoms with Gasteiger partial charge in [0.1, 0.15) is 11.6 Å². The van der Waals surface area contributed by atoms with Crippen molar-refractivity contribution in [2.75, 3.05) is 6.54 Å². The Balaban J connectivity index is 2.50. The first-order chi connectivity index (χ1) is 9.54. The number of rotatable bonds is 6. The van der Waals surface area contributed by atoms with E-state index in [1.54, 1.807) is 6.92 Å². The maximum atomic E-state index is 13.5. The lowest BCUT2D eigenvalue weighted by Gasteiger charge is -2.08. The lowest BCUT2D eigenvalue weighted by atomic mass is 10.1. The predicted octanol–water partition coefficient (Wildman–Crippen LogP) is 3.34. The summed E-state index contributed by atoms with van der Waals surface area (Å²) >= 11 is 5.04. The van der Waals surface area contributed by atoms with Gasteiger partial charge in [-0.2, -0.15) is 5.10 Å². The summed E-state index contributed by atoms with van der Waals surface area (Å²) in [6.07, 6.45) is 3.31. The molecule has 1 rings (SSSR count). The van der Waals surface area contributed by atoms with E-state index in [-0.39, 0.29) is 5.56 Å². The molecule has 0 aliphatic carbocycles. The van der Waals surface area contributed by atoms with E-state index in [4.69, 9.17) is 12.2 Å². The Morgan fingerprint density at radius 3 is 2.70 bits per heavy atom. The normalized spacial score (nSPS) is 11.3. The van der Waals surface area contributed by atoms with Crippen LogP contribution < -0.4 is 10.7 Å². The third-order valence-electron chi connectivity index (χ3n) is 2.71. The van der Waals surface area contributed by atoms with Crippen LogP contribution in [0.4, 0.5) is 8.78 Å². The zero-order valence-corrected chi connectivity index (χ0v) is 12.5. The van der Waals surface area contributed by atoms with Crippen LogP contribution in [0, 0.1) is 11.6 Å². The number of halogens is 2. The van der Waals surface area contributed by atoms with Crippen molar-refractivity contribution in [3.8, 4) is 0 Å². The van der Waals surface area contributed by atoms with Crippen LogP contribution in [0.2, 0.25) is 0 Å². The molecule has 6 heteroatoms. The van der Waals surface area contributed by atoms with Gasteiger partial charge in [-0.25, -0.2) is 8.78 Å². The summed E-state index contributed by atoms with van der Waals surface area (Å²) in [5.41, 5.74) is 3.29. The van der Waals surface area contributed by atoms with Gasteiger partial charge in [-0.1, -0.05) is 19.8 Å². The van der Waals surface area contributed by atoms with Gasteiger partial charge >= 0.3 is 0 Å². The largest absolute Gasteiger partial charge is 0.361 e. The van der Waals surface area contributed by atoms with Gasteiger partial charge in [0.25, 0.3) is 0 Å². The molecule has 0 fully saturated rings. The molecule has 0 heterocycles. The maximum Gasteiger partial charge on any atom is 0.186 e. The molecule has 1 aromatic carbocycles. The number of hydrogen-bond acceptors (Lipinski definition) is 2. The summed E-state index contributed by atoms with van der Waals surface area (Å²) in [5.74, 6) is -1.25. The van der Waals surface area contributed by atoms with E-state index in [0.29, 0.717) is 10.8 Å². The van der Waals surface area contributed by atoms with Crippen molar-refractivity contribution in [2.24, 2.45) is 5.10 Å². The second-order valence-corrected chi connectivity index (χ2v) is 4.80. The van der Waals surface area contributed by atoms with Crippen molar-refractivity contribution >= 4 is 23.0 Å². The Hall–Kier alpha value is -1.56. The van der Waals surface area contributed by atoms with E-state index in [1.165, 1.54) is 12.1 Å². The number of benzene rings is 1. The fraction of sp³-hybridized carbons (Fsp3) is 0.429. The molecule has 3 nitrogen and oxygen atoms in total. The molecule has 0 unspecified atom stereocenters. The number of thiocarbonyl (C=S) groups is 1. The molecule has 0 bridgehead atoms. The van der Waals surface area contributed by atoms with Crippen LogP contribution in [0.1, 0.15) is 38.7 Å². The van der Waals surface area contributed by atoms with E-state index in [2.05, 4.69) is 22.8 Å². The second kappa shape index (κ2) is 8.58. The van der Waals surface area contributed by atoms with Gasteiger partial charge in [-0.3, -0.25) is 5.43 Å². The Kier molecular flexibility index (Phi) is 7.08. The highest BCUT2D eigenvalue weighted by atomic mass is 32.1. The highest BCUT2D eigenvalue weighted by molar-refractivity contribution is 7.80. The predicted molar refractivity (Wildman–Crippen MR) is 81.8 cm³/mol. The number of unbranched alkanes of at least 4 members (excludes halogenated alkanes) is 2. The van der Waals surface area contributed by atoms with Crippen LogP contribution in [0.15, 0.2) is 23.3 Å². The van der Waals surface area contributed by atoms with Gasteiger partial charge in [-0.15, -0.1) is 0 Å². The molecule has 2 N–H and O–H groups in total. The molecule has 0 saturated carbocycles. The molecule has 20 heavy (non-hydrogen) atoms. The molecule has 0 aliphatic heterocycles. The SMILES string of the molecule is CCCCCNC(=S)N/N=C(/C)c1ccc(F)cc1F. The van der Waals surface area contributed by atoms with E-state index < -0.39 is 11.6 Å². The van der Waals surface area contributed by atoms with Gasteiger partial charge in [0.15, 0.2) is 5.11 Å². The zero-order chi connectivity index (χ0) is 15.0. The summed E-state index contributed by atoms with van der Waals surface area (Å²) in [4.78, 5) is 0. The van der Waals surface area contributed by atoms with Crippen molar-refractivity contribution in [3.63, 3.8) is 0 Å². The third kappa shape index (κ3) is 5.61. The highest BCUT2D eigenvalue weighted by Crippen LogP contribution is 2.10. The van der Waals surface area contributed by atoms with Gasteiger partial charge in [0.2, 0.25) is 0 Å². The maximum absolute atomic E-state index is 13.5. The van der Waals surface area contributed by atoms with Gasteiger partial charge in [-0.05, 0) is 37.7 Å². The molecule has 110 valence electrons. The molecule has 0 spiro atoms. The monoisotopic (exact) mass is 299 g/mol. The molecular formula is C14H19F2N3S. The molecule has 0 atom stereocenters. The van der Waals surface area contributed by atoms with Gasteiger partial charge in [0, 0.05) is 18.2 Å². The van der Waals surface area contributed by atoms with E-state index >= 15 is 0 Å². The fourth-order valence-corrected chi connectivity index (χ4v) is 1.74. The summed E-state index contributed by atoms with van der Waals surface area (Å²) in [7, 11) is 0. The van der Waals surface area contributed by atoms with Crippen molar-refractivity contribution in [1.82, 2.24) is 10.7 Å². The number of nitrogens with zero attached hydrogens (tertiary/aromatic N) is 1. The van der Waals surface area contributed by atoms with Crippen LogP contribution >= 0.6 is 12.2 Å². The smallest absolute Gasteiger partial charge is 0.186 e. The summed E-state index contributed by atoms with van der Waals surface area (Å²) in [6.45, 7) is 4.53. The average Bonchev–Trinajstić information content (AvgIpc) is 2.41. The van der Waals surface area contributed by atoms with Crippen molar-refractivity contribution in [1.29, 1.82) is 0 Å². The standard InChI is InChI=1S/C14H19F2N3S/c1-3-4-5-8-17-14(20)19-18-10(2)12-7-6-11(15)9-13(12)16/h6-7,9H,3-5,8H2,1-2H3,(H2,17,19,20)/b18-10-. The van der Waals surface area contributed by atoms with Crippen molar-refractivity contribution < 1.29 is 8.78 Å². The Morgan fingerprint density at radius 1 is 1.30 bits per heavy atom. The minimum atomic E-state index is -0.644. The summed E-state index contributed by atoms with van der Waals surface area (Å²) in [5, 5.41) is 7.38. The minimum Gasteiger partial charge on any atom is -0.361 e. The Morgan fingerprint density at radius 2 is 2.05 bits per heavy atom. The second-order valence-electron chi connectivity index (χ2n) is 4.40. The summed E-state index contributed by atoms with van der Waals surface area (Å²) < 4.78 is 26.3. The lowest BCUT2D eigenvalue weighted by Crippen LogP contribution is -2.33. The molecule has 0 aromatic heterocycles. The quantitative estimate of drug-likeness (QED) is 0.366. The lowest BCUT2D eigenvalue weighted by molar-refractivity contribution is 0.581. The van der Waals surface area contributed by atoms with Crippen LogP contribution in [-0.4, -0.2) is 17.4 Å². The van der Waals surface area contributed by atoms with Crippen LogP contribution in [0.25, 0.3) is 0 Å². The minimum absolute atomic E-state index is 0.243. The number of hydrazone groups is 1. The van der Waals surface area contributed by atoms with Crippen LogP contribution in [0.5, 0.6) is 0 Å². The van der Waals surface area contributed by atoms with Gasteiger partial charge in [0.05, 0.1) is 5.71 Å². The van der Waals surface area contributed by atoms with Crippen molar-refractivity contribution in [2.45, 2.75) is 33.1 Å². The number of nitrogens with one attached hydrogen (secondary N) is 2. The molecule has 0 radical (unpaired) electrons. The van der Waals surface area contributed by atoms with E-state index in [1.807, 2.05) is 0 Å². The Labute approximate surface area is 123 Å². The third-order valence-corrected chi connectivity index (χ3v) is 2.95. The first kappa shape index (κ1) is 16.5. The number of hydrogen-bond donors (Lipinski definition) is 2. The van der Waals surface area contributed by atoms with Crippen LogP contribution in [-0.2, 0) is 0 Å². The average molecular weight is 299 g/mol. The van der Waals surface area contributed by atoms with E-state index in [9.17, 15) is 8.78 Å². The fourth-order valence-electron chi connectivity index (χ4n) is 1.59. The van der Waals surface area contributed by atoms with Crippen molar-refractivity contribution in [3.05, 3.63) is 35.4 Å². The zero-order valence-electron chi connectivity index (χ0n) is 11.7. The molecular weight excluding hydrogens is 280 g/mol. The first-order valence-electron chi connectivity index (χ1n) is 6.58. The molecule has 0 saturated heterocycles. The first-order valence-corrected chi connectivity index (χ1v) is 6.99. The molecule has 0 aliphatic rings. The summed E-state index contributed by atoms with van der Waals surface area (Å²) in [6, 6.07) is 3.37. The van der Waals surface area contributed by atoms with Crippen LogP contribution in [0.3, 0.4) is 0 Å².